The number of hydrogen-bond donors (Lipinski definition) is 1. The maximum absolute atomic E-state index is 11.8. The first kappa shape index (κ1) is 17.7. The highest BCUT2D eigenvalue weighted by Gasteiger charge is 2.11. The summed E-state index contributed by atoms with van der Waals surface area (Å²) < 4.78 is 32.4. The SMILES string of the molecule is CS(=O)(=O)Cc1ccc(C(=O)OCC(=O)NCc2ccco2)cc1. The van der Waals surface area contributed by atoms with E-state index < -0.39 is 28.3 Å². The van der Waals surface area contributed by atoms with E-state index in [0.717, 1.165) is 6.26 Å². The number of carbonyl (C=O) groups is 2. The van der Waals surface area contributed by atoms with E-state index in [4.69, 9.17) is 9.15 Å². The van der Waals surface area contributed by atoms with Crippen molar-refractivity contribution in [3.8, 4) is 0 Å². The molecule has 1 N–H and O–H groups in total. The summed E-state index contributed by atoms with van der Waals surface area (Å²) in [5, 5.41) is 2.55. The lowest BCUT2D eigenvalue weighted by Crippen LogP contribution is -2.28. The highest BCUT2D eigenvalue weighted by molar-refractivity contribution is 7.89. The number of rotatable bonds is 7. The van der Waals surface area contributed by atoms with E-state index in [9.17, 15) is 18.0 Å². The zero-order valence-corrected chi connectivity index (χ0v) is 13.8. The summed E-state index contributed by atoms with van der Waals surface area (Å²) in [6, 6.07) is 9.41. The van der Waals surface area contributed by atoms with Crippen LogP contribution >= 0.6 is 0 Å². The molecule has 2 aromatic rings. The third kappa shape index (κ3) is 5.88. The zero-order chi connectivity index (χ0) is 17.6. The molecule has 128 valence electrons. The van der Waals surface area contributed by atoms with Crippen molar-refractivity contribution >= 4 is 21.7 Å². The fourth-order valence-electron chi connectivity index (χ4n) is 1.90. The lowest BCUT2D eigenvalue weighted by Gasteiger charge is -2.06. The van der Waals surface area contributed by atoms with E-state index >= 15 is 0 Å². The Kier molecular flexibility index (Phi) is 5.75. The zero-order valence-electron chi connectivity index (χ0n) is 13.0. The van der Waals surface area contributed by atoms with Crippen molar-refractivity contribution in [2.75, 3.05) is 12.9 Å². The van der Waals surface area contributed by atoms with Gasteiger partial charge in [-0.25, -0.2) is 13.2 Å². The number of sulfone groups is 1. The van der Waals surface area contributed by atoms with Crippen LogP contribution in [0.4, 0.5) is 0 Å². The summed E-state index contributed by atoms with van der Waals surface area (Å²) in [7, 11) is -3.13. The third-order valence-corrected chi connectivity index (χ3v) is 3.85. The molecular formula is C16H17NO6S. The van der Waals surface area contributed by atoms with Gasteiger partial charge < -0.3 is 14.5 Å². The van der Waals surface area contributed by atoms with Crippen molar-refractivity contribution < 1.29 is 27.2 Å². The Bertz CT molecular complexity index is 794. The molecule has 0 unspecified atom stereocenters. The first-order valence-corrected chi connectivity index (χ1v) is 9.12. The standard InChI is InChI=1S/C16H17NO6S/c1-24(20,21)11-12-4-6-13(7-5-12)16(19)23-10-15(18)17-9-14-3-2-8-22-14/h2-8H,9-11H2,1H3,(H,17,18). The number of furan rings is 1. The highest BCUT2D eigenvalue weighted by atomic mass is 32.2. The van der Waals surface area contributed by atoms with Gasteiger partial charge in [-0.2, -0.15) is 0 Å². The molecule has 2 rings (SSSR count). The van der Waals surface area contributed by atoms with Crippen molar-refractivity contribution in [3.63, 3.8) is 0 Å². The summed E-state index contributed by atoms with van der Waals surface area (Å²) in [4.78, 5) is 23.4. The molecule has 1 aromatic heterocycles. The van der Waals surface area contributed by atoms with Crippen LogP contribution in [0.1, 0.15) is 21.7 Å². The Morgan fingerprint density at radius 3 is 2.46 bits per heavy atom. The molecule has 24 heavy (non-hydrogen) atoms. The van der Waals surface area contributed by atoms with Gasteiger partial charge in [0.15, 0.2) is 16.4 Å². The molecule has 1 amide bonds. The molecule has 1 heterocycles. The summed E-state index contributed by atoms with van der Waals surface area (Å²) in [6.07, 6.45) is 2.63. The molecule has 0 bridgehead atoms. The van der Waals surface area contributed by atoms with Gasteiger partial charge in [-0.1, -0.05) is 12.1 Å². The predicted molar refractivity (Wildman–Crippen MR) is 85.8 cm³/mol. The van der Waals surface area contributed by atoms with Gasteiger partial charge in [-0.3, -0.25) is 4.79 Å². The third-order valence-electron chi connectivity index (χ3n) is 2.99. The molecule has 0 atom stereocenters. The van der Waals surface area contributed by atoms with Crippen LogP contribution in [0.5, 0.6) is 0 Å². The molecule has 7 nitrogen and oxygen atoms in total. The Morgan fingerprint density at radius 1 is 1.17 bits per heavy atom. The summed E-state index contributed by atoms with van der Waals surface area (Å²) >= 11 is 0. The van der Waals surface area contributed by atoms with Crippen LogP contribution in [0, 0.1) is 0 Å². The number of benzene rings is 1. The topological polar surface area (TPSA) is 103 Å². The lowest BCUT2D eigenvalue weighted by molar-refractivity contribution is -0.124. The molecule has 0 spiro atoms. The van der Waals surface area contributed by atoms with Gasteiger partial charge in [0.25, 0.3) is 5.91 Å². The van der Waals surface area contributed by atoms with Crippen LogP contribution in [-0.2, 0) is 31.7 Å². The monoisotopic (exact) mass is 351 g/mol. The van der Waals surface area contributed by atoms with E-state index in [1.165, 1.54) is 30.5 Å². The Balaban J connectivity index is 1.80. The molecule has 0 aliphatic heterocycles. The molecule has 1 aromatic carbocycles. The van der Waals surface area contributed by atoms with Gasteiger partial charge in [0.05, 0.1) is 24.1 Å². The maximum atomic E-state index is 11.8. The minimum Gasteiger partial charge on any atom is -0.467 e. The van der Waals surface area contributed by atoms with Crippen LogP contribution in [-0.4, -0.2) is 33.2 Å². The lowest BCUT2D eigenvalue weighted by atomic mass is 10.1. The second-order valence-corrected chi connectivity index (χ2v) is 7.34. The fourth-order valence-corrected chi connectivity index (χ4v) is 2.70. The second-order valence-electron chi connectivity index (χ2n) is 5.20. The number of ether oxygens (including phenoxy) is 1. The minimum absolute atomic E-state index is 0.0997. The summed E-state index contributed by atoms with van der Waals surface area (Å²) in [6.45, 7) is -0.200. The number of carbonyl (C=O) groups excluding carboxylic acids is 2. The van der Waals surface area contributed by atoms with Crippen LogP contribution in [0.15, 0.2) is 47.1 Å². The molecular weight excluding hydrogens is 334 g/mol. The highest BCUT2D eigenvalue weighted by Crippen LogP contribution is 2.09. The van der Waals surface area contributed by atoms with E-state index in [-0.39, 0.29) is 17.9 Å². The summed E-state index contributed by atoms with van der Waals surface area (Å²) in [5.74, 6) is -0.615. The average molecular weight is 351 g/mol. The Morgan fingerprint density at radius 2 is 1.88 bits per heavy atom. The van der Waals surface area contributed by atoms with Gasteiger partial charge in [0.2, 0.25) is 0 Å². The molecule has 8 heteroatoms. The van der Waals surface area contributed by atoms with Crippen molar-refractivity contribution in [1.29, 1.82) is 0 Å². The molecule has 0 saturated carbocycles. The van der Waals surface area contributed by atoms with Gasteiger partial charge in [0.1, 0.15) is 5.76 Å². The van der Waals surface area contributed by atoms with Crippen LogP contribution in [0.2, 0.25) is 0 Å². The number of nitrogens with one attached hydrogen (secondary N) is 1. The molecule has 0 fully saturated rings. The van der Waals surface area contributed by atoms with Gasteiger partial charge in [0, 0.05) is 6.26 Å². The largest absolute Gasteiger partial charge is 0.467 e. The van der Waals surface area contributed by atoms with Crippen LogP contribution in [0.3, 0.4) is 0 Å². The average Bonchev–Trinajstić information content (AvgIpc) is 3.03. The number of esters is 1. The van der Waals surface area contributed by atoms with Gasteiger partial charge >= 0.3 is 5.97 Å². The summed E-state index contributed by atoms with van der Waals surface area (Å²) in [5.41, 5.74) is 0.816. The molecule has 0 aliphatic carbocycles. The fraction of sp³-hybridized carbons (Fsp3) is 0.250. The Hall–Kier alpha value is -2.61. The van der Waals surface area contributed by atoms with E-state index in [0.29, 0.717) is 11.3 Å². The van der Waals surface area contributed by atoms with Gasteiger partial charge in [-0.05, 0) is 29.8 Å². The normalized spacial score (nSPS) is 11.0. The smallest absolute Gasteiger partial charge is 0.338 e. The molecule has 0 radical (unpaired) electrons. The van der Waals surface area contributed by atoms with E-state index in [1.807, 2.05) is 0 Å². The predicted octanol–water partition coefficient (Wildman–Crippen LogP) is 1.30. The van der Waals surface area contributed by atoms with Crippen LogP contribution in [0.25, 0.3) is 0 Å². The maximum Gasteiger partial charge on any atom is 0.338 e. The van der Waals surface area contributed by atoms with Crippen molar-refractivity contribution in [1.82, 2.24) is 5.32 Å². The van der Waals surface area contributed by atoms with Gasteiger partial charge in [-0.15, -0.1) is 0 Å². The number of amides is 1. The van der Waals surface area contributed by atoms with E-state index in [1.54, 1.807) is 12.1 Å². The number of hydrogen-bond acceptors (Lipinski definition) is 6. The first-order valence-electron chi connectivity index (χ1n) is 7.06. The minimum atomic E-state index is -3.13. The van der Waals surface area contributed by atoms with E-state index in [2.05, 4.69) is 5.32 Å². The van der Waals surface area contributed by atoms with Crippen molar-refractivity contribution in [2.24, 2.45) is 0 Å². The molecule has 0 saturated heterocycles. The van der Waals surface area contributed by atoms with Crippen molar-refractivity contribution in [2.45, 2.75) is 12.3 Å². The first-order chi connectivity index (χ1) is 11.3. The quantitative estimate of drug-likeness (QED) is 0.754. The second kappa shape index (κ2) is 7.78. The van der Waals surface area contributed by atoms with Crippen LogP contribution < -0.4 is 5.32 Å². The Labute approximate surface area is 139 Å². The van der Waals surface area contributed by atoms with Crippen molar-refractivity contribution in [3.05, 3.63) is 59.5 Å². The molecule has 0 aliphatic rings.